The first-order valence-electron chi connectivity index (χ1n) is 9.04. The number of nitrogens with zero attached hydrogens (tertiary/aromatic N) is 2. The van der Waals surface area contributed by atoms with Crippen molar-refractivity contribution >= 4 is 21.7 Å². The quantitative estimate of drug-likeness (QED) is 0.685. The van der Waals surface area contributed by atoms with Gasteiger partial charge in [-0.2, -0.15) is 0 Å². The van der Waals surface area contributed by atoms with E-state index in [9.17, 15) is 18.0 Å². The van der Waals surface area contributed by atoms with Crippen LogP contribution in [0.15, 0.2) is 30.3 Å². The fourth-order valence-corrected chi connectivity index (χ4v) is 5.01. The van der Waals surface area contributed by atoms with Crippen molar-refractivity contribution in [3.63, 3.8) is 0 Å². The van der Waals surface area contributed by atoms with Crippen molar-refractivity contribution in [3.05, 3.63) is 35.9 Å². The molecular weight excluding hydrogens is 352 g/mol. The maximum Gasteiger partial charge on any atom is 0.224 e. The topological polar surface area (TPSA) is 74.8 Å². The second-order valence-electron chi connectivity index (χ2n) is 6.91. The maximum absolute atomic E-state index is 12.4. The largest absolute Gasteiger partial charge is 0.342 e. The molecule has 0 aromatic heterocycles. The number of amides is 2. The molecule has 7 heteroatoms. The van der Waals surface area contributed by atoms with Crippen LogP contribution in [0, 0.1) is 0 Å². The van der Waals surface area contributed by atoms with Gasteiger partial charge < -0.3 is 9.80 Å². The fourth-order valence-electron chi connectivity index (χ4n) is 3.24. The van der Waals surface area contributed by atoms with Gasteiger partial charge in [0.2, 0.25) is 11.8 Å². The Labute approximate surface area is 156 Å². The molecule has 144 valence electrons. The summed E-state index contributed by atoms with van der Waals surface area (Å²) >= 11 is 0. The molecule has 1 aliphatic heterocycles. The molecule has 0 N–H and O–H groups in total. The standard InChI is InChI=1S/C19H28N2O4S/c1-16(22)21(12-6-9-17-7-4-3-5-8-17)13-10-19(23)20(2)18-11-14-26(24,25)15-18/h3-5,7-8,18H,6,9-15H2,1-2H3. The molecular formula is C19H28N2O4S. The summed E-state index contributed by atoms with van der Waals surface area (Å²) < 4.78 is 23.1. The van der Waals surface area contributed by atoms with Gasteiger partial charge in [0, 0.05) is 39.5 Å². The molecule has 1 heterocycles. The van der Waals surface area contributed by atoms with Gasteiger partial charge in [-0.05, 0) is 24.8 Å². The highest BCUT2D eigenvalue weighted by Crippen LogP contribution is 2.17. The van der Waals surface area contributed by atoms with Gasteiger partial charge in [0.25, 0.3) is 0 Å². The molecule has 1 aliphatic rings. The fraction of sp³-hybridized carbons (Fsp3) is 0.579. The highest BCUT2D eigenvalue weighted by Gasteiger charge is 2.32. The Bertz CT molecular complexity index is 718. The average molecular weight is 381 g/mol. The van der Waals surface area contributed by atoms with E-state index in [-0.39, 0.29) is 35.8 Å². The van der Waals surface area contributed by atoms with Crippen LogP contribution in [0.25, 0.3) is 0 Å². The minimum Gasteiger partial charge on any atom is -0.342 e. The average Bonchev–Trinajstić information content (AvgIpc) is 2.97. The van der Waals surface area contributed by atoms with Crippen molar-refractivity contribution in [1.29, 1.82) is 0 Å². The van der Waals surface area contributed by atoms with Crippen molar-refractivity contribution in [2.45, 2.75) is 38.6 Å². The van der Waals surface area contributed by atoms with E-state index >= 15 is 0 Å². The molecule has 26 heavy (non-hydrogen) atoms. The van der Waals surface area contributed by atoms with E-state index in [0.29, 0.717) is 19.5 Å². The molecule has 2 rings (SSSR count). The Morgan fingerprint density at radius 3 is 2.42 bits per heavy atom. The predicted molar refractivity (Wildman–Crippen MR) is 101 cm³/mol. The van der Waals surface area contributed by atoms with Crippen LogP contribution in [0.2, 0.25) is 0 Å². The molecule has 1 aromatic rings. The number of carbonyl (C=O) groups excluding carboxylic acids is 2. The number of sulfone groups is 1. The summed E-state index contributed by atoms with van der Waals surface area (Å²) in [5, 5.41) is 0. The molecule has 1 fully saturated rings. The van der Waals surface area contributed by atoms with E-state index < -0.39 is 9.84 Å². The predicted octanol–water partition coefficient (Wildman–Crippen LogP) is 1.50. The zero-order valence-corrected chi connectivity index (χ0v) is 16.4. The lowest BCUT2D eigenvalue weighted by Gasteiger charge is -2.26. The maximum atomic E-state index is 12.4. The zero-order chi connectivity index (χ0) is 19.2. The third-order valence-electron chi connectivity index (χ3n) is 4.93. The highest BCUT2D eigenvalue weighted by molar-refractivity contribution is 7.91. The van der Waals surface area contributed by atoms with Crippen LogP contribution < -0.4 is 0 Å². The number of benzene rings is 1. The van der Waals surface area contributed by atoms with Gasteiger partial charge in [0.05, 0.1) is 11.5 Å². The first-order chi connectivity index (χ1) is 12.3. The van der Waals surface area contributed by atoms with E-state index in [0.717, 1.165) is 12.8 Å². The molecule has 0 bridgehead atoms. The van der Waals surface area contributed by atoms with Crippen LogP contribution in [0.5, 0.6) is 0 Å². The summed E-state index contributed by atoms with van der Waals surface area (Å²) in [5.41, 5.74) is 1.23. The van der Waals surface area contributed by atoms with Crippen molar-refractivity contribution in [2.75, 3.05) is 31.6 Å². The van der Waals surface area contributed by atoms with Crippen molar-refractivity contribution in [2.24, 2.45) is 0 Å². The van der Waals surface area contributed by atoms with Crippen molar-refractivity contribution in [1.82, 2.24) is 9.80 Å². The first-order valence-corrected chi connectivity index (χ1v) is 10.9. The SMILES string of the molecule is CC(=O)N(CCCc1ccccc1)CCC(=O)N(C)C1CCS(=O)(=O)C1. The third-order valence-corrected chi connectivity index (χ3v) is 6.68. The van der Waals surface area contributed by atoms with Crippen LogP contribution in [-0.4, -0.2) is 67.7 Å². The summed E-state index contributed by atoms with van der Waals surface area (Å²) in [6.07, 6.45) is 2.45. The van der Waals surface area contributed by atoms with Gasteiger partial charge in [-0.15, -0.1) is 0 Å². The van der Waals surface area contributed by atoms with E-state index in [1.165, 1.54) is 17.4 Å². The Morgan fingerprint density at radius 2 is 1.85 bits per heavy atom. The molecule has 0 aliphatic carbocycles. The van der Waals surface area contributed by atoms with Crippen LogP contribution in [0.4, 0.5) is 0 Å². The normalized spacial score (nSPS) is 18.5. The minimum atomic E-state index is -3.02. The number of hydrogen-bond acceptors (Lipinski definition) is 4. The molecule has 0 radical (unpaired) electrons. The molecule has 1 unspecified atom stereocenters. The molecule has 1 aromatic carbocycles. The van der Waals surface area contributed by atoms with Gasteiger partial charge >= 0.3 is 0 Å². The lowest BCUT2D eigenvalue weighted by molar-refractivity contribution is -0.133. The van der Waals surface area contributed by atoms with Gasteiger partial charge in [-0.25, -0.2) is 8.42 Å². The Kier molecular flexibility index (Phi) is 7.20. The monoisotopic (exact) mass is 380 g/mol. The summed E-state index contributed by atoms with van der Waals surface area (Å²) in [7, 11) is -1.36. The Hall–Kier alpha value is -1.89. The Morgan fingerprint density at radius 1 is 1.15 bits per heavy atom. The molecule has 2 amide bonds. The first kappa shape index (κ1) is 20.4. The number of carbonyl (C=O) groups is 2. The second kappa shape index (κ2) is 9.16. The second-order valence-corrected chi connectivity index (χ2v) is 9.14. The third kappa shape index (κ3) is 6.12. The molecule has 1 atom stereocenters. The highest BCUT2D eigenvalue weighted by atomic mass is 32.2. The summed E-state index contributed by atoms with van der Waals surface area (Å²) in [6, 6.07) is 9.85. The van der Waals surface area contributed by atoms with E-state index in [4.69, 9.17) is 0 Å². The van der Waals surface area contributed by atoms with Gasteiger partial charge in [-0.3, -0.25) is 9.59 Å². The van der Waals surface area contributed by atoms with E-state index in [1.54, 1.807) is 11.9 Å². The van der Waals surface area contributed by atoms with Crippen LogP contribution >= 0.6 is 0 Å². The number of aryl methyl sites for hydroxylation is 1. The van der Waals surface area contributed by atoms with Crippen molar-refractivity contribution in [3.8, 4) is 0 Å². The van der Waals surface area contributed by atoms with Gasteiger partial charge in [0.1, 0.15) is 0 Å². The molecule has 0 spiro atoms. The van der Waals surface area contributed by atoms with E-state index in [1.807, 2.05) is 18.2 Å². The minimum absolute atomic E-state index is 0.0444. The van der Waals surface area contributed by atoms with Crippen LogP contribution in [-0.2, 0) is 25.8 Å². The number of hydrogen-bond donors (Lipinski definition) is 0. The molecule has 0 saturated carbocycles. The molecule has 6 nitrogen and oxygen atoms in total. The Balaban J connectivity index is 1.78. The van der Waals surface area contributed by atoms with E-state index in [2.05, 4.69) is 12.1 Å². The van der Waals surface area contributed by atoms with Gasteiger partial charge in [0.15, 0.2) is 9.84 Å². The van der Waals surface area contributed by atoms with Crippen LogP contribution in [0.1, 0.15) is 31.7 Å². The zero-order valence-electron chi connectivity index (χ0n) is 15.6. The summed E-state index contributed by atoms with van der Waals surface area (Å²) in [6.45, 7) is 2.49. The molecule has 1 saturated heterocycles. The number of rotatable bonds is 8. The smallest absolute Gasteiger partial charge is 0.224 e. The summed E-state index contributed by atoms with van der Waals surface area (Å²) in [4.78, 5) is 27.4. The van der Waals surface area contributed by atoms with Gasteiger partial charge in [-0.1, -0.05) is 30.3 Å². The van der Waals surface area contributed by atoms with Crippen LogP contribution in [0.3, 0.4) is 0 Å². The lowest BCUT2D eigenvalue weighted by atomic mass is 10.1. The van der Waals surface area contributed by atoms with Crippen molar-refractivity contribution < 1.29 is 18.0 Å². The lowest BCUT2D eigenvalue weighted by Crippen LogP contribution is -2.40. The summed E-state index contributed by atoms with van der Waals surface area (Å²) in [5.74, 6) is 0.0373.